The van der Waals surface area contributed by atoms with Gasteiger partial charge < -0.3 is 29.5 Å². The number of fused-ring (bicyclic) bond motifs is 1. The van der Waals surface area contributed by atoms with Crippen LogP contribution in [0.25, 0.3) is 10.2 Å². The number of nitrogens with one attached hydrogen (secondary N) is 1. The minimum atomic E-state index is -0.00428. The predicted octanol–water partition coefficient (Wildman–Crippen LogP) is 2.42. The lowest BCUT2D eigenvalue weighted by Gasteiger charge is -2.38. The molecule has 0 bridgehead atoms. The van der Waals surface area contributed by atoms with Gasteiger partial charge in [0.1, 0.15) is 34.8 Å². The van der Waals surface area contributed by atoms with Gasteiger partial charge in [0, 0.05) is 70.6 Å². The Hall–Kier alpha value is -2.93. The number of methoxy groups -OCH3 is 1. The second-order valence-corrected chi connectivity index (χ2v) is 11.8. The maximum Gasteiger partial charge on any atom is 0.272 e. The van der Waals surface area contributed by atoms with Crippen LogP contribution in [0.5, 0.6) is 0 Å². The maximum atomic E-state index is 13.6. The lowest BCUT2D eigenvalue weighted by atomic mass is 9.99. The van der Waals surface area contributed by atoms with Gasteiger partial charge in [-0.1, -0.05) is 0 Å². The van der Waals surface area contributed by atoms with Gasteiger partial charge in [0.25, 0.3) is 5.91 Å². The van der Waals surface area contributed by atoms with E-state index in [1.807, 2.05) is 11.8 Å². The number of hydrogen-bond donors (Lipinski definition) is 1. The minimum absolute atomic E-state index is 0.00428. The summed E-state index contributed by atoms with van der Waals surface area (Å²) in [5.41, 5.74) is 2.58. The van der Waals surface area contributed by atoms with E-state index in [9.17, 15) is 4.79 Å². The number of aromatic nitrogens is 4. The van der Waals surface area contributed by atoms with E-state index in [4.69, 9.17) is 9.47 Å². The Morgan fingerprint density at radius 3 is 2.42 bits per heavy atom. The van der Waals surface area contributed by atoms with Crippen molar-refractivity contribution in [2.45, 2.75) is 51.3 Å². The Kier molecular flexibility index (Phi) is 8.10. The van der Waals surface area contributed by atoms with E-state index >= 15 is 0 Å². The second kappa shape index (κ2) is 11.9. The molecule has 3 aliphatic heterocycles. The van der Waals surface area contributed by atoms with E-state index in [-0.39, 0.29) is 12.0 Å². The summed E-state index contributed by atoms with van der Waals surface area (Å²) < 4.78 is 11.2. The number of nitrogens with zero attached hydrogens (tertiary/aromatic N) is 7. The highest BCUT2D eigenvalue weighted by molar-refractivity contribution is 7.17. The first kappa shape index (κ1) is 27.3. The SMILES string of the molecule is COC1COCCC1NC1CCN(C(=O)c2ncnc(N3CCN(c4ncnc5scc(C)c45)CC3)c2C)CC1. The summed E-state index contributed by atoms with van der Waals surface area (Å²) in [5.74, 6) is 1.85. The van der Waals surface area contributed by atoms with E-state index in [1.165, 1.54) is 11.9 Å². The lowest BCUT2D eigenvalue weighted by molar-refractivity contribution is -0.0533. The molecule has 6 rings (SSSR count). The number of ether oxygens (including phenoxy) is 2. The zero-order valence-corrected chi connectivity index (χ0v) is 24.3. The Morgan fingerprint density at radius 2 is 1.68 bits per heavy atom. The Bertz CT molecular complexity index is 1340. The molecule has 2 atom stereocenters. The van der Waals surface area contributed by atoms with Gasteiger partial charge in [-0.15, -0.1) is 11.3 Å². The van der Waals surface area contributed by atoms with Crippen LogP contribution < -0.4 is 15.1 Å². The number of carbonyl (C=O) groups excluding carboxylic acids is 1. The standard InChI is InChI=1S/C28H38N8O3S/c1-18-15-40-27-23(18)26(31-17-32-27)35-11-9-34(10-12-35)25-19(2)24(29-16-30-25)28(37)36-7-4-20(5-8-36)33-21-6-13-39-14-22(21)38-3/h15-17,20-22,33H,4-14H2,1-3H3. The molecule has 12 heteroatoms. The fourth-order valence-electron chi connectivity index (χ4n) is 6.18. The Balaban J connectivity index is 1.07. The molecule has 3 aromatic rings. The number of amides is 1. The van der Waals surface area contributed by atoms with Gasteiger partial charge in [0.15, 0.2) is 0 Å². The van der Waals surface area contributed by atoms with Crippen LogP contribution in [-0.2, 0) is 9.47 Å². The molecular weight excluding hydrogens is 528 g/mol. The van der Waals surface area contributed by atoms with Crippen molar-refractivity contribution in [2.24, 2.45) is 0 Å². The van der Waals surface area contributed by atoms with Gasteiger partial charge in [-0.05, 0) is 44.1 Å². The second-order valence-electron chi connectivity index (χ2n) is 10.9. The number of hydrogen-bond acceptors (Lipinski definition) is 11. The van der Waals surface area contributed by atoms with Crippen molar-refractivity contribution in [3.8, 4) is 0 Å². The van der Waals surface area contributed by atoms with Crippen LogP contribution in [0.2, 0.25) is 0 Å². The van der Waals surface area contributed by atoms with E-state index in [0.29, 0.717) is 37.5 Å². The first-order chi connectivity index (χ1) is 19.5. The molecule has 0 saturated carbocycles. The highest BCUT2D eigenvalue weighted by Gasteiger charge is 2.32. The molecule has 214 valence electrons. The minimum Gasteiger partial charge on any atom is -0.379 e. The highest BCUT2D eigenvalue weighted by atomic mass is 32.1. The molecule has 0 radical (unpaired) electrons. The van der Waals surface area contributed by atoms with Gasteiger partial charge in [0.2, 0.25) is 0 Å². The van der Waals surface area contributed by atoms with Gasteiger partial charge in [0.05, 0.1) is 18.1 Å². The number of anilines is 2. The quantitative estimate of drug-likeness (QED) is 0.478. The van der Waals surface area contributed by atoms with Gasteiger partial charge in [-0.25, -0.2) is 19.9 Å². The summed E-state index contributed by atoms with van der Waals surface area (Å²) in [5, 5.41) is 7.05. The number of likely N-dealkylation sites (tertiary alicyclic amines) is 1. The topological polar surface area (TPSA) is 109 Å². The number of rotatable bonds is 6. The van der Waals surface area contributed by atoms with E-state index in [2.05, 4.69) is 47.4 Å². The van der Waals surface area contributed by atoms with Crippen molar-refractivity contribution in [2.75, 3.05) is 69.4 Å². The van der Waals surface area contributed by atoms with Gasteiger partial charge >= 0.3 is 0 Å². The predicted molar refractivity (Wildman–Crippen MR) is 155 cm³/mol. The van der Waals surface area contributed by atoms with Crippen molar-refractivity contribution in [3.05, 3.63) is 34.9 Å². The third-order valence-electron chi connectivity index (χ3n) is 8.51. The molecule has 3 aromatic heterocycles. The number of thiophene rings is 1. The smallest absolute Gasteiger partial charge is 0.272 e. The van der Waals surface area contributed by atoms with E-state index in [0.717, 1.165) is 79.5 Å². The monoisotopic (exact) mass is 566 g/mol. The molecule has 0 aliphatic carbocycles. The average Bonchev–Trinajstić information content (AvgIpc) is 3.38. The average molecular weight is 567 g/mol. The Morgan fingerprint density at radius 1 is 0.975 bits per heavy atom. The molecule has 1 amide bonds. The normalized spacial score (nSPS) is 22.7. The molecule has 2 unspecified atom stereocenters. The van der Waals surface area contributed by atoms with Crippen LogP contribution in [0.15, 0.2) is 18.0 Å². The summed E-state index contributed by atoms with van der Waals surface area (Å²) in [6.07, 6.45) is 6.06. The summed E-state index contributed by atoms with van der Waals surface area (Å²) >= 11 is 1.66. The number of aryl methyl sites for hydroxylation is 1. The molecule has 6 heterocycles. The first-order valence-electron chi connectivity index (χ1n) is 14.2. The van der Waals surface area contributed by atoms with Crippen LogP contribution >= 0.6 is 11.3 Å². The molecular formula is C28H38N8O3S. The molecule has 3 aliphatic rings. The van der Waals surface area contributed by atoms with Crippen LogP contribution in [0.3, 0.4) is 0 Å². The zero-order chi connectivity index (χ0) is 27.6. The summed E-state index contributed by atoms with van der Waals surface area (Å²) in [6.45, 7) is 10.2. The van der Waals surface area contributed by atoms with Crippen molar-refractivity contribution >= 4 is 39.1 Å². The van der Waals surface area contributed by atoms with Crippen molar-refractivity contribution in [1.29, 1.82) is 0 Å². The Labute approximate surface area is 238 Å². The van der Waals surface area contributed by atoms with Crippen LogP contribution in [0, 0.1) is 13.8 Å². The molecule has 3 saturated heterocycles. The molecule has 11 nitrogen and oxygen atoms in total. The van der Waals surface area contributed by atoms with Crippen LogP contribution in [-0.4, -0.2) is 109 Å². The third kappa shape index (κ3) is 5.37. The van der Waals surface area contributed by atoms with Crippen LogP contribution in [0.4, 0.5) is 11.6 Å². The van der Waals surface area contributed by atoms with Crippen molar-refractivity contribution in [1.82, 2.24) is 30.2 Å². The van der Waals surface area contributed by atoms with E-state index in [1.54, 1.807) is 24.8 Å². The van der Waals surface area contributed by atoms with Gasteiger partial charge in [-0.2, -0.15) is 0 Å². The zero-order valence-electron chi connectivity index (χ0n) is 23.5. The first-order valence-corrected chi connectivity index (χ1v) is 15.1. The number of carbonyl (C=O) groups is 1. The van der Waals surface area contributed by atoms with Gasteiger partial charge in [-0.3, -0.25) is 4.79 Å². The lowest BCUT2D eigenvalue weighted by Crippen LogP contribution is -2.54. The molecule has 40 heavy (non-hydrogen) atoms. The largest absolute Gasteiger partial charge is 0.379 e. The molecule has 1 N–H and O–H groups in total. The molecule has 0 spiro atoms. The maximum absolute atomic E-state index is 13.6. The molecule has 3 fully saturated rings. The van der Waals surface area contributed by atoms with Crippen molar-refractivity contribution < 1.29 is 14.3 Å². The summed E-state index contributed by atoms with van der Waals surface area (Å²) in [4.78, 5) is 39.2. The fourth-order valence-corrected chi connectivity index (χ4v) is 7.06. The van der Waals surface area contributed by atoms with E-state index < -0.39 is 0 Å². The summed E-state index contributed by atoms with van der Waals surface area (Å²) in [6, 6.07) is 0.671. The third-order valence-corrected chi connectivity index (χ3v) is 9.52. The number of piperazine rings is 1. The summed E-state index contributed by atoms with van der Waals surface area (Å²) in [7, 11) is 1.74. The fraction of sp³-hybridized carbons (Fsp3) is 0.607. The van der Waals surface area contributed by atoms with Crippen molar-refractivity contribution in [3.63, 3.8) is 0 Å². The highest BCUT2D eigenvalue weighted by Crippen LogP contribution is 2.32. The van der Waals surface area contributed by atoms with Crippen LogP contribution in [0.1, 0.15) is 40.9 Å². The number of piperidine rings is 1. The molecule has 0 aromatic carbocycles.